The number of benzene rings is 2. The molecule has 4 rings (SSSR count). The molecular formula is C24H20F10O5. The fourth-order valence-electron chi connectivity index (χ4n) is 3.30. The number of aromatic hydroxyl groups is 1. The van der Waals surface area contributed by atoms with Gasteiger partial charge in [0, 0.05) is 12.8 Å². The zero-order valence-corrected chi connectivity index (χ0v) is 19.7. The summed E-state index contributed by atoms with van der Waals surface area (Å²) >= 11 is 0. The van der Waals surface area contributed by atoms with Gasteiger partial charge >= 0.3 is 11.9 Å². The van der Waals surface area contributed by atoms with Gasteiger partial charge in [-0.2, -0.15) is 17.6 Å². The van der Waals surface area contributed by atoms with E-state index in [1.165, 1.54) is 6.42 Å². The molecule has 0 atom stereocenters. The molecule has 0 aromatic heterocycles. The average Bonchev–Trinajstić information content (AvgIpc) is 2.85. The van der Waals surface area contributed by atoms with Gasteiger partial charge in [0.15, 0.2) is 5.75 Å². The van der Waals surface area contributed by atoms with E-state index in [0.29, 0.717) is 12.3 Å². The number of aliphatic carboxylic acids is 1. The number of halogens is 10. The standard InChI is InChI=1S/C12H9F5O2.C6HF5O.C6H10O2/c13-7-8(14)10(16)12(11(17)9(7)15)19-6(18)4-5-2-1-3-5;7-1-2(8)4(10)6(12)5(11)3(1)9;7-6(8)4-5-2-1-3-5/h5H,1-4H2;12H;5H,1-4H2,(H,7,8). The van der Waals surface area contributed by atoms with Crippen molar-refractivity contribution in [2.75, 3.05) is 0 Å². The molecule has 2 aliphatic carbocycles. The molecule has 0 saturated heterocycles. The second-order valence-electron chi connectivity index (χ2n) is 8.69. The summed E-state index contributed by atoms with van der Waals surface area (Å²) in [6.07, 6.45) is 6.30. The highest BCUT2D eigenvalue weighted by atomic mass is 19.2. The lowest BCUT2D eigenvalue weighted by Crippen LogP contribution is -2.20. The quantitative estimate of drug-likeness (QED) is 0.134. The molecule has 2 saturated carbocycles. The van der Waals surface area contributed by atoms with Crippen molar-refractivity contribution in [3.05, 3.63) is 58.2 Å². The number of phenols is 1. The van der Waals surface area contributed by atoms with Crippen molar-refractivity contribution in [2.24, 2.45) is 11.8 Å². The molecule has 0 radical (unpaired) electrons. The lowest BCUT2D eigenvalue weighted by atomic mass is 9.83. The Morgan fingerprint density at radius 2 is 0.923 bits per heavy atom. The maximum Gasteiger partial charge on any atom is 0.311 e. The van der Waals surface area contributed by atoms with Crippen LogP contribution in [0.2, 0.25) is 0 Å². The molecule has 39 heavy (non-hydrogen) atoms. The molecule has 0 aliphatic heterocycles. The molecule has 2 N–H and O–H groups in total. The molecule has 2 fully saturated rings. The Bertz CT molecular complexity index is 1090. The number of carbonyl (C=O) groups is 2. The summed E-state index contributed by atoms with van der Waals surface area (Å²) in [4.78, 5) is 21.3. The zero-order chi connectivity index (χ0) is 29.6. The third kappa shape index (κ3) is 7.76. The number of carbonyl (C=O) groups excluding carboxylic acids is 1. The van der Waals surface area contributed by atoms with Gasteiger partial charge in [-0.3, -0.25) is 9.59 Å². The molecule has 2 aliphatic rings. The lowest BCUT2D eigenvalue weighted by Gasteiger charge is -2.23. The summed E-state index contributed by atoms with van der Waals surface area (Å²) in [5.74, 6) is -26.4. The van der Waals surface area contributed by atoms with Crippen molar-refractivity contribution in [3.63, 3.8) is 0 Å². The van der Waals surface area contributed by atoms with Crippen LogP contribution in [0.4, 0.5) is 43.9 Å². The summed E-state index contributed by atoms with van der Waals surface area (Å²) in [5.41, 5.74) is 0. The van der Waals surface area contributed by atoms with Crippen LogP contribution in [0.1, 0.15) is 51.4 Å². The van der Waals surface area contributed by atoms with Crippen LogP contribution in [0.5, 0.6) is 11.5 Å². The summed E-state index contributed by atoms with van der Waals surface area (Å²) < 4.78 is 130. The molecular weight excluding hydrogens is 558 g/mol. The molecule has 5 nitrogen and oxygen atoms in total. The van der Waals surface area contributed by atoms with Gasteiger partial charge in [-0.05, 0) is 37.5 Å². The van der Waals surface area contributed by atoms with Gasteiger partial charge in [-0.1, -0.05) is 12.8 Å². The highest BCUT2D eigenvalue weighted by Gasteiger charge is 2.30. The van der Waals surface area contributed by atoms with E-state index in [-0.39, 0.29) is 12.3 Å². The molecule has 0 unspecified atom stereocenters. The molecule has 216 valence electrons. The molecule has 15 heteroatoms. The number of rotatable bonds is 5. The van der Waals surface area contributed by atoms with Crippen LogP contribution in [0.3, 0.4) is 0 Å². The third-order valence-corrected chi connectivity index (χ3v) is 5.94. The van der Waals surface area contributed by atoms with E-state index in [9.17, 15) is 53.5 Å². The van der Waals surface area contributed by atoms with Crippen molar-refractivity contribution in [3.8, 4) is 11.5 Å². The van der Waals surface area contributed by atoms with E-state index in [0.717, 1.165) is 32.1 Å². The third-order valence-electron chi connectivity index (χ3n) is 5.94. The minimum absolute atomic E-state index is 0.0498. The number of carboxylic acid groups (broad SMARTS) is 1. The van der Waals surface area contributed by atoms with Crippen molar-refractivity contribution in [1.29, 1.82) is 0 Å². The van der Waals surface area contributed by atoms with Crippen LogP contribution in [0.25, 0.3) is 0 Å². The predicted molar refractivity (Wildman–Crippen MR) is 111 cm³/mol. The fraction of sp³-hybridized carbons (Fsp3) is 0.417. The second-order valence-corrected chi connectivity index (χ2v) is 8.69. The van der Waals surface area contributed by atoms with Crippen LogP contribution >= 0.6 is 0 Å². The number of esters is 1. The first-order valence-corrected chi connectivity index (χ1v) is 11.3. The van der Waals surface area contributed by atoms with Crippen LogP contribution in [-0.2, 0) is 9.59 Å². The Morgan fingerprint density at radius 3 is 1.23 bits per heavy atom. The normalized spacial score (nSPS) is 14.7. The van der Waals surface area contributed by atoms with Gasteiger partial charge in [0.05, 0.1) is 0 Å². The highest BCUT2D eigenvalue weighted by molar-refractivity contribution is 5.73. The SMILES string of the molecule is O=C(CC1CCC1)Oc1c(F)c(F)c(F)c(F)c1F.O=C(O)CC1CCC1.Oc1c(F)c(F)c(F)c(F)c1F. The van der Waals surface area contributed by atoms with Gasteiger partial charge in [-0.15, -0.1) is 0 Å². The predicted octanol–water partition coefficient (Wildman–Crippen LogP) is 6.83. The van der Waals surface area contributed by atoms with E-state index >= 15 is 0 Å². The van der Waals surface area contributed by atoms with E-state index in [2.05, 4.69) is 4.74 Å². The van der Waals surface area contributed by atoms with Crippen LogP contribution in [0, 0.1) is 70.0 Å². The van der Waals surface area contributed by atoms with Gasteiger partial charge in [0.1, 0.15) is 0 Å². The van der Waals surface area contributed by atoms with E-state index < -0.39 is 81.6 Å². The monoisotopic (exact) mass is 578 g/mol. The molecule has 0 bridgehead atoms. The van der Waals surface area contributed by atoms with Gasteiger partial charge < -0.3 is 14.9 Å². The number of phenolic OH excluding ortho intramolecular Hbond substituents is 1. The topological polar surface area (TPSA) is 83.8 Å². The Labute approximate surface area is 214 Å². The van der Waals surface area contributed by atoms with Gasteiger partial charge in [0.2, 0.25) is 63.9 Å². The number of hydrogen-bond donors (Lipinski definition) is 2. The van der Waals surface area contributed by atoms with Gasteiger partial charge in [0.25, 0.3) is 0 Å². The van der Waals surface area contributed by atoms with Crippen molar-refractivity contribution in [2.45, 2.75) is 51.4 Å². The van der Waals surface area contributed by atoms with Crippen LogP contribution in [0.15, 0.2) is 0 Å². The van der Waals surface area contributed by atoms with E-state index in [1.54, 1.807) is 0 Å². The largest absolute Gasteiger partial charge is 0.503 e. The molecule has 0 spiro atoms. The summed E-state index contributed by atoms with van der Waals surface area (Å²) in [5, 5.41) is 16.5. The van der Waals surface area contributed by atoms with Gasteiger partial charge in [-0.25, -0.2) is 26.3 Å². The van der Waals surface area contributed by atoms with Crippen LogP contribution in [-0.4, -0.2) is 22.2 Å². The first kappa shape index (κ1) is 31.7. The summed E-state index contributed by atoms with van der Waals surface area (Å²) in [6, 6.07) is 0. The first-order chi connectivity index (χ1) is 18.2. The van der Waals surface area contributed by atoms with E-state index in [1.807, 2.05) is 0 Å². The second kappa shape index (κ2) is 13.5. The molecule has 0 amide bonds. The fourth-order valence-corrected chi connectivity index (χ4v) is 3.30. The first-order valence-electron chi connectivity index (χ1n) is 11.3. The maximum atomic E-state index is 13.2. The molecule has 2 aromatic rings. The van der Waals surface area contributed by atoms with E-state index in [4.69, 9.17) is 10.2 Å². The zero-order valence-electron chi connectivity index (χ0n) is 19.7. The van der Waals surface area contributed by atoms with Crippen molar-refractivity contribution >= 4 is 11.9 Å². The summed E-state index contributed by atoms with van der Waals surface area (Å²) in [6.45, 7) is 0. The smallest absolute Gasteiger partial charge is 0.311 e. The minimum atomic E-state index is -2.29. The van der Waals surface area contributed by atoms with Crippen LogP contribution < -0.4 is 4.74 Å². The number of ether oxygens (including phenoxy) is 1. The average molecular weight is 578 g/mol. The Balaban J connectivity index is 0.000000227. The summed E-state index contributed by atoms with van der Waals surface area (Å²) in [7, 11) is 0. The Hall–Kier alpha value is -3.52. The highest BCUT2D eigenvalue weighted by Crippen LogP contribution is 2.33. The molecule has 0 heterocycles. The maximum absolute atomic E-state index is 13.2. The Morgan fingerprint density at radius 1 is 0.590 bits per heavy atom. The lowest BCUT2D eigenvalue weighted by molar-refractivity contribution is -0.139. The Kier molecular flexibility index (Phi) is 11.0. The minimum Gasteiger partial charge on any atom is -0.503 e. The number of carboxylic acids is 1. The van der Waals surface area contributed by atoms with Crippen molar-refractivity contribution in [1.82, 2.24) is 0 Å². The molecule has 2 aromatic carbocycles. The number of hydrogen-bond acceptors (Lipinski definition) is 4. The van der Waals surface area contributed by atoms with Crippen molar-refractivity contribution < 1.29 is 68.4 Å².